The minimum atomic E-state index is -0.193. The molecule has 1 aliphatic carbocycles. The molecule has 1 saturated carbocycles. The molecule has 1 aliphatic rings. The summed E-state index contributed by atoms with van der Waals surface area (Å²) in [5.74, 6) is 0. The van der Waals surface area contributed by atoms with Crippen LogP contribution in [-0.2, 0) is 6.54 Å². The molecule has 2 unspecified atom stereocenters. The maximum absolute atomic E-state index is 10.3. The highest BCUT2D eigenvalue weighted by Gasteiger charge is 2.27. The van der Waals surface area contributed by atoms with E-state index in [2.05, 4.69) is 49.3 Å². The molecule has 0 amide bonds. The first kappa shape index (κ1) is 16.3. The Hall–Kier alpha value is -1.06. The Morgan fingerprint density at radius 2 is 2.05 bits per heavy atom. The highest BCUT2D eigenvalue weighted by molar-refractivity contribution is 5.55. The summed E-state index contributed by atoms with van der Waals surface area (Å²) in [4.78, 5) is 2.30. The molecule has 0 spiro atoms. The minimum Gasteiger partial charge on any atom is -0.391 e. The van der Waals surface area contributed by atoms with Crippen molar-refractivity contribution in [3.63, 3.8) is 0 Å². The van der Waals surface area contributed by atoms with Crippen LogP contribution < -0.4 is 10.2 Å². The van der Waals surface area contributed by atoms with Crippen LogP contribution in [0.3, 0.4) is 0 Å². The van der Waals surface area contributed by atoms with E-state index in [0.717, 1.165) is 38.8 Å². The van der Waals surface area contributed by atoms with Gasteiger partial charge in [0.1, 0.15) is 0 Å². The van der Waals surface area contributed by atoms with E-state index in [1.54, 1.807) is 0 Å². The Kier molecular flexibility index (Phi) is 6.07. The molecule has 0 aliphatic heterocycles. The Bertz CT molecular complexity index is 447. The lowest BCUT2D eigenvalue weighted by Crippen LogP contribution is -2.44. The number of aryl methyl sites for hydroxylation is 1. The van der Waals surface area contributed by atoms with Crippen LogP contribution in [0, 0.1) is 6.92 Å². The molecule has 0 radical (unpaired) electrons. The third-order valence-corrected chi connectivity index (χ3v) is 4.55. The highest BCUT2D eigenvalue weighted by atomic mass is 16.3. The van der Waals surface area contributed by atoms with E-state index in [1.165, 1.54) is 23.2 Å². The quantitative estimate of drug-likeness (QED) is 0.790. The number of benzene rings is 1. The van der Waals surface area contributed by atoms with Crippen molar-refractivity contribution in [2.24, 2.45) is 0 Å². The average Bonchev–Trinajstić information content (AvgIpc) is 2.47. The maximum atomic E-state index is 10.3. The number of nitrogens with zero attached hydrogens (tertiary/aromatic N) is 1. The van der Waals surface area contributed by atoms with Crippen molar-refractivity contribution in [1.82, 2.24) is 5.32 Å². The third-order valence-electron chi connectivity index (χ3n) is 4.55. The van der Waals surface area contributed by atoms with E-state index in [9.17, 15) is 5.11 Å². The molecule has 3 nitrogen and oxygen atoms in total. The molecule has 0 heterocycles. The fourth-order valence-corrected chi connectivity index (χ4v) is 3.32. The Morgan fingerprint density at radius 1 is 1.29 bits per heavy atom. The summed E-state index contributed by atoms with van der Waals surface area (Å²) < 4.78 is 0. The summed E-state index contributed by atoms with van der Waals surface area (Å²) >= 11 is 0. The molecule has 1 aromatic rings. The minimum absolute atomic E-state index is 0.193. The first-order valence-corrected chi connectivity index (χ1v) is 8.34. The molecule has 118 valence electrons. The summed E-state index contributed by atoms with van der Waals surface area (Å²) in [6, 6.07) is 6.90. The average molecular weight is 290 g/mol. The number of hydrogen-bond donors (Lipinski definition) is 2. The van der Waals surface area contributed by atoms with Crippen molar-refractivity contribution in [2.45, 2.75) is 64.6 Å². The van der Waals surface area contributed by atoms with E-state index >= 15 is 0 Å². The van der Waals surface area contributed by atoms with Crippen molar-refractivity contribution in [3.8, 4) is 0 Å². The van der Waals surface area contributed by atoms with E-state index in [4.69, 9.17) is 0 Å². The fourth-order valence-electron chi connectivity index (χ4n) is 3.32. The zero-order chi connectivity index (χ0) is 15.2. The summed E-state index contributed by atoms with van der Waals surface area (Å²) in [5.41, 5.74) is 3.89. The van der Waals surface area contributed by atoms with Gasteiger partial charge in [-0.1, -0.05) is 37.5 Å². The lowest BCUT2D eigenvalue weighted by molar-refractivity contribution is 0.106. The van der Waals surface area contributed by atoms with Crippen LogP contribution in [-0.4, -0.2) is 30.8 Å². The van der Waals surface area contributed by atoms with Crippen molar-refractivity contribution in [3.05, 3.63) is 29.3 Å². The SMILES string of the molecule is CCCNCc1cc(C)ccc1N(C)C1CCCCC1O. The van der Waals surface area contributed by atoms with Crippen LogP contribution in [0.25, 0.3) is 0 Å². The molecule has 0 saturated heterocycles. The number of aliphatic hydroxyl groups is 1. The first-order valence-electron chi connectivity index (χ1n) is 8.34. The van der Waals surface area contributed by atoms with Crippen LogP contribution in [0.2, 0.25) is 0 Å². The molecular formula is C18H30N2O. The standard InChI is InChI=1S/C18H30N2O/c1-4-11-19-13-15-12-14(2)9-10-16(15)20(3)17-7-5-6-8-18(17)21/h9-10,12,17-19,21H,4-8,11,13H2,1-3H3. The lowest BCUT2D eigenvalue weighted by atomic mass is 9.91. The van der Waals surface area contributed by atoms with Crippen LogP contribution in [0.1, 0.15) is 50.2 Å². The van der Waals surface area contributed by atoms with E-state index < -0.39 is 0 Å². The third kappa shape index (κ3) is 4.21. The molecular weight excluding hydrogens is 260 g/mol. The molecule has 0 bridgehead atoms. The van der Waals surface area contributed by atoms with Crippen molar-refractivity contribution >= 4 is 5.69 Å². The predicted molar refractivity (Wildman–Crippen MR) is 89.8 cm³/mol. The lowest BCUT2D eigenvalue weighted by Gasteiger charge is -2.37. The number of anilines is 1. The summed E-state index contributed by atoms with van der Waals surface area (Å²) in [5, 5.41) is 13.8. The van der Waals surface area contributed by atoms with Crippen molar-refractivity contribution < 1.29 is 5.11 Å². The number of rotatable bonds is 6. The van der Waals surface area contributed by atoms with Gasteiger partial charge in [0.2, 0.25) is 0 Å². The van der Waals surface area contributed by atoms with Crippen LogP contribution in [0.15, 0.2) is 18.2 Å². The van der Waals surface area contributed by atoms with E-state index in [0.29, 0.717) is 0 Å². The van der Waals surface area contributed by atoms with Crippen LogP contribution in [0.5, 0.6) is 0 Å². The van der Waals surface area contributed by atoms with Gasteiger partial charge in [0.25, 0.3) is 0 Å². The fraction of sp³-hybridized carbons (Fsp3) is 0.667. The molecule has 1 fully saturated rings. The zero-order valence-electron chi connectivity index (χ0n) is 13.7. The summed E-state index contributed by atoms with van der Waals surface area (Å²) in [6.07, 6.45) is 5.36. The van der Waals surface area contributed by atoms with Gasteiger partial charge in [-0.2, -0.15) is 0 Å². The van der Waals surface area contributed by atoms with E-state index in [-0.39, 0.29) is 12.1 Å². The Labute approximate surface area is 129 Å². The molecule has 2 rings (SSSR count). The van der Waals surface area contributed by atoms with Crippen molar-refractivity contribution in [1.29, 1.82) is 0 Å². The Balaban J connectivity index is 2.16. The second kappa shape index (κ2) is 7.81. The van der Waals surface area contributed by atoms with Gasteiger partial charge in [-0.05, 0) is 44.4 Å². The highest BCUT2D eigenvalue weighted by Crippen LogP contribution is 2.29. The predicted octanol–water partition coefficient (Wildman–Crippen LogP) is 3.23. The van der Waals surface area contributed by atoms with E-state index in [1.807, 2.05) is 0 Å². The van der Waals surface area contributed by atoms with Gasteiger partial charge in [0.15, 0.2) is 0 Å². The van der Waals surface area contributed by atoms with Crippen LogP contribution in [0.4, 0.5) is 5.69 Å². The molecule has 3 heteroatoms. The smallest absolute Gasteiger partial charge is 0.0743 e. The second-order valence-electron chi connectivity index (χ2n) is 6.34. The largest absolute Gasteiger partial charge is 0.391 e. The molecule has 2 N–H and O–H groups in total. The molecule has 21 heavy (non-hydrogen) atoms. The number of likely N-dealkylation sites (N-methyl/N-ethyl adjacent to an activating group) is 1. The van der Waals surface area contributed by atoms with Gasteiger partial charge in [-0.15, -0.1) is 0 Å². The van der Waals surface area contributed by atoms with Crippen molar-refractivity contribution in [2.75, 3.05) is 18.5 Å². The first-order chi connectivity index (χ1) is 10.1. The van der Waals surface area contributed by atoms with Gasteiger partial charge in [0, 0.05) is 19.3 Å². The summed E-state index contributed by atoms with van der Waals surface area (Å²) in [6.45, 7) is 6.28. The number of aliphatic hydroxyl groups excluding tert-OH is 1. The zero-order valence-corrected chi connectivity index (χ0v) is 13.7. The normalized spacial score (nSPS) is 22.3. The van der Waals surface area contributed by atoms with Gasteiger partial charge >= 0.3 is 0 Å². The van der Waals surface area contributed by atoms with Gasteiger partial charge < -0.3 is 15.3 Å². The van der Waals surface area contributed by atoms with Gasteiger partial charge in [0.05, 0.1) is 12.1 Å². The number of hydrogen-bond acceptors (Lipinski definition) is 3. The second-order valence-corrected chi connectivity index (χ2v) is 6.34. The molecule has 2 atom stereocenters. The van der Waals surface area contributed by atoms with Gasteiger partial charge in [-0.25, -0.2) is 0 Å². The molecule has 0 aromatic heterocycles. The number of nitrogens with one attached hydrogen (secondary N) is 1. The molecule has 1 aromatic carbocycles. The summed E-state index contributed by atoms with van der Waals surface area (Å²) in [7, 11) is 2.13. The maximum Gasteiger partial charge on any atom is 0.0743 e. The van der Waals surface area contributed by atoms with Crippen LogP contribution >= 0.6 is 0 Å². The monoisotopic (exact) mass is 290 g/mol. The van der Waals surface area contributed by atoms with Gasteiger partial charge in [-0.3, -0.25) is 0 Å². The topological polar surface area (TPSA) is 35.5 Å². The Morgan fingerprint density at radius 3 is 2.76 bits per heavy atom.